The van der Waals surface area contributed by atoms with Crippen molar-refractivity contribution in [2.75, 3.05) is 118 Å². The van der Waals surface area contributed by atoms with Crippen LogP contribution in [0.3, 0.4) is 0 Å². The van der Waals surface area contributed by atoms with Crippen molar-refractivity contribution < 1.29 is 96.2 Å². The van der Waals surface area contributed by atoms with Gasteiger partial charge in [-0.2, -0.15) is 59.7 Å². The van der Waals surface area contributed by atoms with E-state index in [1.807, 2.05) is 27.2 Å². The van der Waals surface area contributed by atoms with Crippen LogP contribution in [0.2, 0.25) is 0 Å². The molecule has 0 spiro atoms. The number of alkyl halides is 9. The second kappa shape index (κ2) is 38.7. The summed E-state index contributed by atoms with van der Waals surface area (Å²) in [6.45, 7) is 5.63. The number of nitrogens with one attached hydrogen (secondary N) is 6. The summed E-state index contributed by atoms with van der Waals surface area (Å²) in [5.41, 5.74) is -1.58. The fourth-order valence-electron chi connectivity index (χ4n) is 12.3. The highest BCUT2D eigenvalue weighted by Gasteiger charge is 2.40. The highest BCUT2D eigenvalue weighted by Crippen LogP contribution is 2.42. The molecule has 7 heterocycles. The molecule has 114 heavy (non-hydrogen) atoms. The predicted octanol–water partition coefficient (Wildman–Crippen LogP) is 13.2. The number of amides is 3. The lowest BCUT2D eigenvalue weighted by atomic mass is 10.0. The van der Waals surface area contributed by atoms with Gasteiger partial charge < -0.3 is 84.5 Å². The van der Waals surface area contributed by atoms with E-state index in [0.717, 1.165) is 90.3 Å². The normalized spacial score (nSPS) is 15.9. The van der Waals surface area contributed by atoms with E-state index >= 15 is 0 Å². The molecular weight excluding hydrogens is 1510 g/mol. The Morgan fingerprint density at radius 3 is 1.41 bits per heavy atom. The van der Waals surface area contributed by atoms with Crippen molar-refractivity contribution in [2.24, 2.45) is 0 Å². The molecule has 0 radical (unpaired) electrons. The first-order chi connectivity index (χ1) is 54.5. The number of hydrogen-bond acceptors (Lipinski definition) is 24. The van der Waals surface area contributed by atoms with Crippen molar-refractivity contribution in [2.45, 2.75) is 101 Å². The summed E-state index contributed by atoms with van der Waals surface area (Å²) in [5, 5.41) is 26.5. The van der Waals surface area contributed by atoms with E-state index in [1.165, 1.54) is 58.8 Å². The molecule has 3 amide bonds. The first-order valence-electron chi connectivity index (χ1n) is 36.0. The van der Waals surface area contributed by atoms with Gasteiger partial charge in [-0.15, -0.1) is 0 Å². The number of piperidine rings is 3. The predicted molar refractivity (Wildman–Crippen MR) is 397 cm³/mol. The Balaban J connectivity index is 0.000000181. The monoisotopic (exact) mass is 1600 g/mol. The van der Waals surface area contributed by atoms with Crippen molar-refractivity contribution >= 4 is 52.6 Å². The van der Waals surface area contributed by atoms with Gasteiger partial charge in [0.1, 0.15) is 70.5 Å². The highest BCUT2D eigenvalue weighted by molar-refractivity contribution is 5.97. The van der Waals surface area contributed by atoms with Gasteiger partial charge in [-0.05, 0) is 184 Å². The maximum atomic E-state index is 15.0. The van der Waals surface area contributed by atoms with Crippen LogP contribution in [-0.2, 0) is 29.9 Å². The van der Waals surface area contributed by atoms with Crippen LogP contribution < -0.4 is 65.1 Å². The van der Waals surface area contributed by atoms with Gasteiger partial charge >= 0.3 is 18.5 Å². The van der Waals surface area contributed by atoms with Crippen molar-refractivity contribution in [3.05, 3.63) is 166 Å². The van der Waals surface area contributed by atoms with Gasteiger partial charge in [0.15, 0.2) is 0 Å². The number of benzene rings is 5. The zero-order valence-electron chi connectivity index (χ0n) is 63.0. The lowest BCUT2D eigenvalue weighted by molar-refractivity contribution is -0.140. The average Bonchev–Trinajstić information content (AvgIpc) is 0.893. The largest absolute Gasteiger partial charge is 0.497 e. The van der Waals surface area contributed by atoms with E-state index in [4.69, 9.17) is 37.9 Å². The number of para-hydroxylation sites is 1. The lowest BCUT2D eigenvalue weighted by Gasteiger charge is -2.29. The molecule has 12 rings (SSSR count). The van der Waals surface area contributed by atoms with Crippen LogP contribution in [0.1, 0.15) is 110 Å². The number of anilines is 6. The molecular formula is C77H84F10N16O11. The molecule has 608 valence electrons. The van der Waals surface area contributed by atoms with Crippen molar-refractivity contribution in [1.29, 1.82) is 5.26 Å². The molecule has 4 saturated heterocycles. The Morgan fingerprint density at radius 2 is 0.956 bits per heavy atom. The third-order valence-corrected chi connectivity index (χ3v) is 18.7. The van der Waals surface area contributed by atoms with Crippen LogP contribution in [0.5, 0.6) is 46.4 Å². The standard InChI is InChI=1S/C27H30F3N5O4.C26H24F4N6O3.C24H30F3N5O4/c1-35-11-9-19(10-12-35)32-24(36)18-7-8-22(23(14-18)38-3)33-26-31-15-21(27(28,29)30)25(34-26)39-16-17-5-4-6-20(13-17)37-2;1-36-9-7-16(8-10-36)33-23(37)17-11-22(38-2)20(12-19(17)27)34-25-32-14-18(26(28,29)30)24(35-25)39-21-6-4-3-5-15(21)13-31;1-32-9-7-16(8-10-32)29-21(33)15-5-6-19(20(12-15)34-2)30-23-28-13-18(24(25,26)27)22(31-23)36-14-17-4-3-11-35-17/h4-8,13-15,19H,9-12,16H2,1-3H3,(H,32,36)(H,31,33,34);3-6,11-12,14,16H,7-10H2,1-2H3,(H,33,37)(H,32,34,35);5-6,12-13,16-17H,3-4,7-11,14H2,1-2H3,(H,29,33)(H,28,30,31). The SMILES string of the molecule is COc1cc(C(=O)NC2CCN(C)CC2)c(F)cc1Nc1ncc(C(F)(F)F)c(Oc2ccccc2C#N)n1.COc1cc(C(=O)NC2CCN(C)CC2)ccc1Nc1ncc(C(F)(F)F)c(OCC2CCCO2)n1.COc1cccc(COc2nc(Nc3ccc(C(=O)NC4CCN(C)CC4)cc3OC)ncc2C(F)(F)F)c1. The number of carbonyl (C=O) groups excluding carboxylic acids is 3. The third-order valence-electron chi connectivity index (χ3n) is 18.7. The number of nitriles is 1. The fourth-order valence-corrected chi connectivity index (χ4v) is 12.3. The first-order valence-corrected chi connectivity index (χ1v) is 36.0. The summed E-state index contributed by atoms with van der Waals surface area (Å²) < 4.78 is 180. The molecule has 4 aliphatic rings. The third kappa shape index (κ3) is 23.5. The Kier molecular flexibility index (Phi) is 28.8. The van der Waals surface area contributed by atoms with Crippen LogP contribution in [-0.4, -0.2) is 189 Å². The summed E-state index contributed by atoms with van der Waals surface area (Å²) in [4.78, 5) is 67.9. The highest BCUT2D eigenvalue weighted by atomic mass is 19.4. The number of rotatable bonds is 24. The molecule has 1 atom stereocenters. The summed E-state index contributed by atoms with van der Waals surface area (Å²) in [6.07, 6.45) is -6.18. The number of likely N-dealkylation sites (tertiary alicyclic amines) is 3. The maximum Gasteiger partial charge on any atom is 0.423 e. The van der Waals surface area contributed by atoms with E-state index < -0.39 is 64.6 Å². The minimum atomic E-state index is -4.86. The van der Waals surface area contributed by atoms with E-state index in [1.54, 1.807) is 60.7 Å². The summed E-state index contributed by atoms with van der Waals surface area (Å²) >= 11 is 0. The Hall–Kier alpha value is -11.6. The van der Waals surface area contributed by atoms with E-state index in [9.17, 15) is 63.5 Å². The molecule has 4 aliphatic heterocycles. The Bertz CT molecular complexity index is 4660. The molecule has 0 saturated carbocycles. The first kappa shape index (κ1) is 84.8. The second-order valence-corrected chi connectivity index (χ2v) is 26.9. The van der Waals surface area contributed by atoms with E-state index in [2.05, 4.69) is 76.5 Å². The summed E-state index contributed by atoms with van der Waals surface area (Å²) in [6, 6.07) is 26.1. The van der Waals surface area contributed by atoms with Gasteiger partial charge in [-0.25, -0.2) is 19.3 Å². The zero-order valence-corrected chi connectivity index (χ0v) is 63.0. The Labute approximate surface area is 649 Å². The molecule has 1 unspecified atom stereocenters. The minimum Gasteiger partial charge on any atom is -0.497 e. The fraction of sp³-hybridized carbons (Fsp3) is 0.403. The van der Waals surface area contributed by atoms with Crippen molar-refractivity contribution in [3.63, 3.8) is 0 Å². The molecule has 5 aromatic carbocycles. The van der Waals surface area contributed by atoms with Crippen LogP contribution in [0, 0.1) is 17.1 Å². The smallest absolute Gasteiger partial charge is 0.423 e. The van der Waals surface area contributed by atoms with Gasteiger partial charge in [-0.1, -0.05) is 24.3 Å². The number of hydrogen-bond donors (Lipinski definition) is 6. The van der Waals surface area contributed by atoms with Gasteiger partial charge in [-0.3, -0.25) is 14.4 Å². The van der Waals surface area contributed by atoms with Crippen molar-refractivity contribution in [3.8, 4) is 52.5 Å². The number of aromatic nitrogens is 6. The van der Waals surface area contributed by atoms with Gasteiger partial charge in [0.2, 0.25) is 35.5 Å². The molecule has 37 heteroatoms. The van der Waals surface area contributed by atoms with Crippen LogP contribution in [0.15, 0.2) is 116 Å². The number of carbonyl (C=O) groups is 3. The van der Waals surface area contributed by atoms with Crippen molar-refractivity contribution in [1.82, 2.24) is 60.6 Å². The van der Waals surface area contributed by atoms with Crippen LogP contribution in [0.4, 0.5) is 78.8 Å². The molecule has 0 aliphatic carbocycles. The molecule has 4 fully saturated rings. The number of halogens is 10. The maximum absolute atomic E-state index is 15.0. The van der Waals surface area contributed by atoms with Crippen LogP contribution in [0.25, 0.3) is 0 Å². The van der Waals surface area contributed by atoms with Gasteiger partial charge in [0, 0.05) is 60.5 Å². The average molecular weight is 1600 g/mol. The summed E-state index contributed by atoms with van der Waals surface area (Å²) in [7, 11) is 11.7. The quantitative estimate of drug-likeness (QED) is 0.0306. The number of ether oxygens (including phenoxy) is 8. The molecule has 27 nitrogen and oxygen atoms in total. The number of methoxy groups -OCH3 is 4. The minimum absolute atomic E-state index is 0.00315. The Morgan fingerprint density at radius 1 is 0.509 bits per heavy atom. The van der Waals surface area contributed by atoms with E-state index in [0.29, 0.717) is 76.9 Å². The molecule has 0 bridgehead atoms. The van der Waals surface area contributed by atoms with E-state index in [-0.39, 0.29) is 95.4 Å². The number of nitrogens with zero attached hydrogens (tertiary/aromatic N) is 10. The molecule has 8 aromatic rings. The molecule has 3 aromatic heterocycles. The van der Waals surface area contributed by atoms with Gasteiger partial charge in [0.05, 0.1) is 62.7 Å². The van der Waals surface area contributed by atoms with Gasteiger partial charge in [0.25, 0.3) is 17.7 Å². The molecule has 6 N–H and O–H groups in total. The summed E-state index contributed by atoms with van der Waals surface area (Å²) in [5.74, 6) is -3.55. The topological polar surface area (TPSA) is 308 Å². The second-order valence-electron chi connectivity index (χ2n) is 26.9. The zero-order chi connectivity index (χ0) is 81.9. The van der Waals surface area contributed by atoms with Crippen LogP contribution >= 0.6 is 0 Å². The lowest BCUT2D eigenvalue weighted by Crippen LogP contribution is -2.43.